The second kappa shape index (κ2) is 6.24. The van der Waals surface area contributed by atoms with E-state index in [1.165, 1.54) is 16.1 Å². The van der Waals surface area contributed by atoms with Gasteiger partial charge in [-0.15, -0.1) is 0 Å². The number of aliphatic hydroxyl groups is 1. The van der Waals surface area contributed by atoms with Crippen LogP contribution in [-0.4, -0.2) is 37.2 Å². The fourth-order valence-electron chi connectivity index (χ4n) is 2.76. The lowest BCUT2D eigenvalue weighted by Crippen LogP contribution is -2.39. The summed E-state index contributed by atoms with van der Waals surface area (Å²) in [7, 11) is -3.11. The smallest absolute Gasteiger partial charge is 0.211 e. The third-order valence-electron chi connectivity index (χ3n) is 3.97. The van der Waals surface area contributed by atoms with Crippen molar-refractivity contribution in [1.29, 1.82) is 0 Å². The molecule has 1 N–H and O–H groups in total. The molecule has 4 nitrogen and oxygen atoms in total. The maximum atomic E-state index is 11.6. The minimum atomic E-state index is -3.11. The number of rotatable bonds is 4. The van der Waals surface area contributed by atoms with Crippen molar-refractivity contribution in [1.82, 2.24) is 4.31 Å². The van der Waals surface area contributed by atoms with Gasteiger partial charge in [-0.3, -0.25) is 0 Å². The molecule has 1 aromatic carbocycles. The SMILES string of the molecule is Cc1ccc(C(O)CC2CCCN(S(C)(=O)=O)C2)cc1. The molecule has 0 radical (unpaired) electrons. The highest BCUT2D eigenvalue weighted by atomic mass is 32.2. The highest BCUT2D eigenvalue weighted by Gasteiger charge is 2.27. The lowest BCUT2D eigenvalue weighted by Gasteiger charge is -2.32. The molecule has 112 valence electrons. The Labute approximate surface area is 121 Å². The van der Waals surface area contributed by atoms with Gasteiger partial charge in [0.1, 0.15) is 0 Å². The molecule has 0 saturated carbocycles. The summed E-state index contributed by atoms with van der Waals surface area (Å²) in [5.41, 5.74) is 2.08. The van der Waals surface area contributed by atoms with Gasteiger partial charge in [0.15, 0.2) is 0 Å². The van der Waals surface area contributed by atoms with E-state index in [0.717, 1.165) is 18.4 Å². The largest absolute Gasteiger partial charge is 0.388 e. The monoisotopic (exact) mass is 297 g/mol. The third-order valence-corrected chi connectivity index (χ3v) is 5.24. The van der Waals surface area contributed by atoms with E-state index in [0.29, 0.717) is 19.5 Å². The first-order valence-corrected chi connectivity index (χ1v) is 8.91. The number of aliphatic hydroxyl groups excluding tert-OH is 1. The summed E-state index contributed by atoms with van der Waals surface area (Å²) < 4.78 is 24.7. The molecule has 1 fully saturated rings. The molecule has 0 amide bonds. The van der Waals surface area contributed by atoms with Gasteiger partial charge in [-0.05, 0) is 37.7 Å². The first kappa shape index (κ1) is 15.5. The Hall–Kier alpha value is -0.910. The van der Waals surface area contributed by atoms with E-state index in [4.69, 9.17) is 0 Å². The highest BCUT2D eigenvalue weighted by Crippen LogP contribution is 2.28. The maximum Gasteiger partial charge on any atom is 0.211 e. The topological polar surface area (TPSA) is 57.6 Å². The highest BCUT2D eigenvalue weighted by molar-refractivity contribution is 7.88. The van der Waals surface area contributed by atoms with Gasteiger partial charge in [0, 0.05) is 13.1 Å². The van der Waals surface area contributed by atoms with E-state index in [1.807, 2.05) is 31.2 Å². The van der Waals surface area contributed by atoms with Crippen molar-refractivity contribution in [2.75, 3.05) is 19.3 Å². The summed E-state index contributed by atoms with van der Waals surface area (Å²) in [6, 6.07) is 7.86. The average molecular weight is 297 g/mol. The van der Waals surface area contributed by atoms with Crippen molar-refractivity contribution in [3.8, 4) is 0 Å². The molecular formula is C15H23NO3S. The number of hydrogen-bond acceptors (Lipinski definition) is 3. The van der Waals surface area contributed by atoms with Crippen LogP contribution in [0.15, 0.2) is 24.3 Å². The zero-order valence-corrected chi connectivity index (χ0v) is 12.9. The van der Waals surface area contributed by atoms with E-state index in [-0.39, 0.29) is 5.92 Å². The second-order valence-corrected chi connectivity index (χ2v) is 7.77. The van der Waals surface area contributed by atoms with Crippen molar-refractivity contribution in [3.63, 3.8) is 0 Å². The van der Waals surface area contributed by atoms with Crippen LogP contribution in [0.25, 0.3) is 0 Å². The van der Waals surface area contributed by atoms with E-state index in [2.05, 4.69) is 0 Å². The molecule has 1 aliphatic rings. The summed E-state index contributed by atoms with van der Waals surface area (Å²) >= 11 is 0. The molecular weight excluding hydrogens is 274 g/mol. The number of piperidine rings is 1. The van der Waals surface area contributed by atoms with Crippen LogP contribution in [0, 0.1) is 12.8 Å². The van der Waals surface area contributed by atoms with Crippen LogP contribution in [-0.2, 0) is 10.0 Å². The molecule has 2 unspecified atom stereocenters. The minimum Gasteiger partial charge on any atom is -0.388 e. The average Bonchev–Trinajstić information content (AvgIpc) is 2.38. The first-order chi connectivity index (χ1) is 9.36. The van der Waals surface area contributed by atoms with Crippen LogP contribution in [0.3, 0.4) is 0 Å². The van der Waals surface area contributed by atoms with E-state index >= 15 is 0 Å². The molecule has 1 saturated heterocycles. The number of sulfonamides is 1. The fraction of sp³-hybridized carbons (Fsp3) is 0.600. The van der Waals surface area contributed by atoms with Crippen molar-refractivity contribution < 1.29 is 13.5 Å². The summed E-state index contributed by atoms with van der Waals surface area (Å²) in [6.45, 7) is 3.15. The molecule has 1 aliphatic heterocycles. The van der Waals surface area contributed by atoms with Crippen LogP contribution in [0.1, 0.15) is 36.5 Å². The van der Waals surface area contributed by atoms with E-state index in [9.17, 15) is 13.5 Å². The van der Waals surface area contributed by atoms with Crippen molar-refractivity contribution in [2.45, 2.75) is 32.3 Å². The van der Waals surface area contributed by atoms with E-state index < -0.39 is 16.1 Å². The summed E-state index contributed by atoms with van der Waals surface area (Å²) in [4.78, 5) is 0. The van der Waals surface area contributed by atoms with Gasteiger partial charge in [-0.25, -0.2) is 12.7 Å². The zero-order valence-electron chi connectivity index (χ0n) is 12.1. The predicted octanol–water partition coefficient (Wildman–Crippen LogP) is 2.09. The number of aryl methyl sites for hydroxylation is 1. The Bertz CT molecular complexity index is 539. The summed E-state index contributed by atoms with van der Waals surface area (Å²) in [5.74, 6) is 0.231. The molecule has 20 heavy (non-hydrogen) atoms. The van der Waals surface area contributed by atoms with Gasteiger partial charge in [0.25, 0.3) is 0 Å². The summed E-state index contributed by atoms with van der Waals surface area (Å²) in [6.07, 6.45) is 3.22. The molecule has 0 aromatic heterocycles. The molecule has 0 bridgehead atoms. The summed E-state index contributed by atoms with van der Waals surface area (Å²) in [5, 5.41) is 10.3. The van der Waals surface area contributed by atoms with Gasteiger partial charge in [-0.2, -0.15) is 0 Å². The standard InChI is InChI=1S/C15H23NO3S/c1-12-5-7-14(8-6-12)15(17)10-13-4-3-9-16(11-13)20(2,18)19/h5-8,13,15,17H,3-4,9-11H2,1-2H3. The third kappa shape index (κ3) is 4.04. The van der Waals surface area contributed by atoms with Gasteiger partial charge in [-0.1, -0.05) is 29.8 Å². The van der Waals surface area contributed by atoms with Crippen LogP contribution in [0.4, 0.5) is 0 Å². The first-order valence-electron chi connectivity index (χ1n) is 7.06. The number of nitrogens with zero attached hydrogens (tertiary/aromatic N) is 1. The van der Waals surface area contributed by atoms with Crippen LogP contribution >= 0.6 is 0 Å². The second-order valence-electron chi connectivity index (χ2n) is 5.79. The zero-order chi connectivity index (χ0) is 14.8. The molecule has 5 heteroatoms. The molecule has 1 heterocycles. The van der Waals surface area contributed by atoms with Gasteiger partial charge >= 0.3 is 0 Å². The van der Waals surface area contributed by atoms with Crippen molar-refractivity contribution in [3.05, 3.63) is 35.4 Å². The molecule has 1 aromatic rings. The molecule has 2 rings (SSSR count). The van der Waals surface area contributed by atoms with Gasteiger partial charge < -0.3 is 5.11 Å². The minimum absolute atomic E-state index is 0.231. The van der Waals surface area contributed by atoms with Crippen molar-refractivity contribution in [2.24, 2.45) is 5.92 Å². The Balaban J connectivity index is 1.97. The van der Waals surface area contributed by atoms with Crippen LogP contribution < -0.4 is 0 Å². The number of hydrogen-bond donors (Lipinski definition) is 1. The molecule has 0 spiro atoms. The van der Waals surface area contributed by atoms with E-state index in [1.54, 1.807) is 0 Å². The Morgan fingerprint density at radius 2 is 2.00 bits per heavy atom. The quantitative estimate of drug-likeness (QED) is 0.926. The molecule has 0 aliphatic carbocycles. The van der Waals surface area contributed by atoms with Gasteiger partial charge in [0.2, 0.25) is 10.0 Å². The van der Waals surface area contributed by atoms with Crippen molar-refractivity contribution >= 4 is 10.0 Å². The normalized spacial score (nSPS) is 22.6. The van der Waals surface area contributed by atoms with Gasteiger partial charge in [0.05, 0.1) is 12.4 Å². The number of benzene rings is 1. The molecule has 2 atom stereocenters. The Morgan fingerprint density at radius 1 is 1.35 bits per heavy atom. The lowest BCUT2D eigenvalue weighted by molar-refractivity contribution is 0.123. The predicted molar refractivity (Wildman–Crippen MR) is 79.9 cm³/mol. The lowest BCUT2D eigenvalue weighted by atomic mass is 9.91. The van der Waals surface area contributed by atoms with Crippen LogP contribution in [0.2, 0.25) is 0 Å². The maximum absolute atomic E-state index is 11.6. The Morgan fingerprint density at radius 3 is 2.60 bits per heavy atom. The fourth-order valence-corrected chi connectivity index (χ4v) is 3.70. The Kier molecular flexibility index (Phi) is 4.83. The van der Waals surface area contributed by atoms with Crippen LogP contribution in [0.5, 0.6) is 0 Å².